The van der Waals surface area contributed by atoms with Gasteiger partial charge < -0.3 is 19.7 Å². The SMILES string of the molecule is Cc1cccc(COc2ccc3ccccc3c2CNc2ccc(N3CCOCC3)c(Cl)c2)c1. The predicted octanol–water partition coefficient (Wildman–Crippen LogP) is 6.83. The van der Waals surface area contributed by atoms with Gasteiger partial charge in [-0.2, -0.15) is 0 Å². The van der Waals surface area contributed by atoms with E-state index in [0.717, 1.165) is 59.6 Å². The number of nitrogens with one attached hydrogen (secondary N) is 1. The Bertz CT molecular complexity index is 1280. The van der Waals surface area contributed by atoms with E-state index in [1.807, 2.05) is 6.07 Å². The molecule has 1 saturated heterocycles. The number of hydrogen-bond acceptors (Lipinski definition) is 4. The number of benzene rings is 4. The van der Waals surface area contributed by atoms with Crippen LogP contribution in [0.4, 0.5) is 11.4 Å². The first-order chi connectivity index (χ1) is 16.7. The molecule has 1 fully saturated rings. The number of hydrogen-bond donors (Lipinski definition) is 1. The van der Waals surface area contributed by atoms with Gasteiger partial charge in [-0.1, -0.05) is 71.8 Å². The first-order valence-electron chi connectivity index (χ1n) is 11.7. The summed E-state index contributed by atoms with van der Waals surface area (Å²) in [7, 11) is 0. The zero-order valence-electron chi connectivity index (χ0n) is 19.4. The van der Waals surface area contributed by atoms with Crippen LogP contribution in [0.5, 0.6) is 5.75 Å². The zero-order valence-corrected chi connectivity index (χ0v) is 20.1. The van der Waals surface area contributed by atoms with E-state index in [-0.39, 0.29) is 0 Å². The second-order valence-corrected chi connectivity index (χ2v) is 9.07. The summed E-state index contributed by atoms with van der Waals surface area (Å²) in [6.07, 6.45) is 0. The van der Waals surface area contributed by atoms with E-state index in [9.17, 15) is 0 Å². The summed E-state index contributed by atoms with van der Waals surface area (Å²) < 4.78 is 11.8. The third-order valence-corrected chi connectivity index (χ3v) is 6.55. The van der Waals surface area contributed by atoms with E-state index < -0.39 is 0 Å². The first-order valence-corrected chi connectivity index (χ1v) is 12.1. The number of anilines is 2. The fourth-order valence-electron chi connectivity index (χ4n) is 4.46. The monoisotopic (exact) mass is 472 g/mol. The van der Waals surface area contributed by atoms with E-state index in [0.29, 0.717) is 13.2 Å². The molecule has 1 aliphatic heterocycles. The summed E-state index contributed by atoms with van der Waals surface area (Å²) in [6, 6.07) is 27.3. The molecule has 4 aromatic carbocycles. The molecule has 5 heteroatoms. The number of halogens is 1. The van der Waals surface area contributed by atoms with Crippen LogP contribution in [0.1, 0.15) is 16.7 Å². The molecule has 1 aliphatic rings. The lowest BCUT2D eigenvalue weighted by Gasteiger charge is -2.29. The fourth-order valence-corrected chi connectivity index (χ4v) is 4.76. The number of fused-ring (bicyclic) bond motifs is 1. The Morgan fingerprint density at radius 2 is 1.79 bits per heavy atom. The standard InChI is InChI=1S/C29H29ClN2O2/c1-21-5-4-6-22(17-21)20-34-29-12-9-23-7-2-3-8-25(23)26(29)19-31-24-10-11-28(27(30)18-24)32-13-15-33-16-14-32/h2-12,17-18,31H,13-16,19-20H2,1H3. The normalized spacial score (nSPS) is 13.8. The minimum Gasteiger partial charge on any atom is -0.489 e. The third kappa shape index (κ3) is 5.14. The first kappa shape index (κ1) is 22.6. The van der Waals surface area contributed by atoms with Crippen LogP contribution in [0, 0.1) is 6.92 Å². The zero-order chi connectivity index (χ0) is 23.3. The minimum absolute atomic E-state index is 0.535. The Balaban J connectivity index is 1.37. The molecule has 1 heterocycles. The van der Waals surface area contributed by atoms with Crippen molar-refractivity contribution in [3.8, 4) is 5.75 Å². The van der Waals surface area contributed by atoms with Crippen molar-refractivity contribution in [2.75, 3.05) is 36.5 Å². The molecule has 0 radical (unpaired) electrons. The molecule has 5 rings (SSSR count). The van der Waals surface area contributed by atoms with Crippen molar-refractivity contribution in [2.24, 2.45) is 0 Å². The Morgan fingerprint density at radius 1 is 0.941 bits per heavy atom. The van der Waals surface area contributed by atoms with Gasteiger partial charge in [0.2, 0.25) is 0 Å². The van der Waals surface area contributed by atoms with Gasteiger partial charge in [0.1, 0.15) is 12.4 Å². The molecular formula is C29H29ClN2O2. The topological polar surface area (TPSA) is 33.7 Å². The highest BCUT2D eigenvalue weighted by atomic mass is 35.5. The van der Waals surface area contributed by atoms with Gasteiger partial charge in [0.25, 0.3) is 0 Å². The van der Waals surface area contributed by atoms with Gasteiger partial charge >= 0.3 is 0 Å². The molecular weight excluding hydrogens is 444 g/mol. The van der Waals surface area contributed by atoms with Gasteiger partial charge in [0.05, 0.1) is 23.9 Å². The Morgan fingerprint density at radius 3 is 2.62 bits per heavy atom. The summed E-state index contributed by atoms with van der Waals surface area (Å²) >= 11 is 6.65. The lowest BCUT2D eigenvalue weighted by molar-refractivity contribution is 0.122. The quantitative estimate of drug-likeness (QED) is 0.319. The molecule has 0 bridgehead atoms. The lowest BCUT2D eigenvalue weighted by Crippen LogP contribution is -2.36. The molecule has 0 spiro atoms. The van der Waals surface area contributed by atoms with Crippen LogP contribution in [-0.2, 0) is 17.9 Å². The van der Waals surface area contributed by atoms with Gasteiger partial charge in [0, 0.05) is 30.9 Å². The predicted molar refractivity (Wildman–Crippen MR) is 141 cm³/mol. The second kappa shape index (κ2) is 10.4. The molecule has 0 aliphatic carbocycles. The molecule has 1 N–H and O–H groups in total. The minimum atomic E-state index is 0.535. The largest absolute Gasteiger partial charge is 0.489 e. The Hall–Kier alpha value is -3.21. The van der Waals surface area contributed by atoms with Crippen LogP contribution in [0.2, 0.25) is 5.02 Å². The van der Waals surface area contributed by atoms with Crippen LogP contribution in [0.3, 0.4) is 0 Å². The van der Waals surface area contributed by atoms with Crippen molar-refractivity contribution in [3.05, 3.63) is 101 Å². The van der Waals surface area contributed by atoms with Crippen LogP contribution in [-0.4, -0.2) is 26.3 Å². The summed E-state index contributed by atoms with van der Waals surface area (Å²) in [5.41, 5.74) is 5.58. The molecule has 0 aromatic heterocycles. The van der Waals surface area contributed by atoms with Gasteiger partial charge in [-0.15, -0.1) is 0 Å². The fraction of sp³-hybridized carbons (Fsp3) is 0.241. The maximum atomic E-state index is 6.65. The van der Waals surface area contributed by atoms with Crippen LogP contribution in [0.15, 0.2) is 78.9 Å². The number of rotatable bonds is 7. The number of ether oxygens (including phenoxy) is 2. The highest BCUT2D eigenvalue weighted by molar-refractivity contribution is 6.33. The van der Waals surface area contributed by atoms with Crippen molar-refractivity contribution in [2.45, 2.75) is 20.1 Å². The van der Waals surface area contributed by atoms with Crippen molar-refractivity contribution >= 4 is 33.7 Å². The number of nitrogens with zero attached hydrogens (tertiary/aromatic N) is 1. The Labute approximate surface area is 206 Å². The van der Waals surface area contributed by atoms with E-state index in [1.54, 1.807) is 0 Å². The second-order valence-electron chi connectivity index (χ2n) is 8.66. The molecule has 4 aromatic rings. The highest BCUT2D eigenvalue weighted by Gasteiger charge is 2.15. The van der Waals surface area contributed by atoms with Gasteiger partial charge in [-0.3, -0.25) is 0 Å². The molecule has 0 saturated carbocycles. The molecule has 4 nitrogen and oxygen atoms in total. The van der Waals surface area contributed by atoms with Crippen LogP contribution in [0.25, 0.3) is 10.8 Å². The van der Waals surface area contributed by atoms with Gasteiger partial charge in [-0.05, 0) is 47.5 Å². The summed E-state index contributed by atoms with van der Waals surface area (Å²) in [4.78, 5) is 2.28. The molecule has 0 atom stereocenters. The summed E-state index contributed by atoms with van der Waals surface area (Å²) in [6.45, 7) is 6.48. The summed E-state index contributed by atoms with van der Waals surface area (Å²) in [5, 5.41) is 6.70. The molecule has 34 heavy (non-hydrogen) atoms. The summed E-state index contributed by atoms with van der Waals surface area (Å²) in [5.74, 6) is 0.892. The molecule has 174 valence electrons. The third-order valence-electron chi connectivity index (χ3n) is 6.24. The van der Waals surface area contributed by atoms with Crippen molar-refractivity contribution < 1.29 is 9.47 Å². The Kier molecular flexibility index (Phi) is 6.89. The maximum Gasteiger partial charge on any atom is 0.125 e. The van der Waals surface area contributed by atoms with Crippen LogP contribution >= 0.6 is 11.6 Å². The highest BCUT2D eigenvalue weighted by Crippen LogP contribution is 2.32. The average Bonchev–Trinajstić information content (AvgIpc) is 2.87. The van der Waals surface area contributed by atoms with Crippen molar-refractivity contribution in [1.29, 1.82) is 0 Å². The maximum absolute atomic E-state index is 6.65. The van der Waals surface area contributed by atoms with E-state index in [2.05, 4.69) is 89.9 Å². The molecule has 0 amide bonds. The average molecular weight is 473 g/mol. The lowest BCUT2D eigenvalue weighted by atomic mass is 10.0. The number of morpholine rings is 1. The van der Waals surface area contributed by atoms with Crippen molar-refractivity contribution in [3.63, 3.8) is 0 Å². The van der Waals surface area contributed by atoms with Crippen LogP contribution < -0.4 is 15.0 Å². The van der Waals surface area contributed by atoms with Gasteiger partial charge in [-0.25, -0.2) is 0 Å². The van der Waals surface area contributed by atoms with Gasteiger partial charge in [0.15, 0.2) is 0 Å². The molecule has 0 unspecified atom stereocenters. The van der Waals surface area contributed by atoms with Crippen molar-refractivity contribution in [1.82, 2.24) is 0 Å². The van der Waals surface area contributed by atoms with E-state index in [4.69, 9.17) is 21.1 Å². The smallest absolute Gasteiger partial charge is 0.125 e. The van der Waals surface area contributed by atoms with E-state index >= 15 is 0 Å². The number of aryl methyl sites for hydroxylation is 1. The van der Waals surface area contributed by atoms with E-state index in [1.165, 1.54) is 16.3 Å².